The van der Waals surface area contributed by atoms with Crippen LogP contribution in [0.25, 0.3) is 10.9 Å². The van der Waals surface area contributed by atoms with Gasteiger partial charge in [0.25, 0.3) is 5.69 Å². The van der Waals surface area contributed by atoms with Gasteiger partial charge in [-0.2, -0.15) is 0 Å². The van der Waals surface area contributed by atoms with E-state index >= 15 is 0 Å². The van der Waals surface area contributed by atoms with Gasteiger partial charge in [0, 0.05) is 40.2 Å². The Labute approximate surface area is 130 Å². The van der Waals surface area contributed by atoms with Crippen LogP contribution in [0.15, 0.2) is 59.2 Å². The third kappa shape index (κ3) is 2.97. The van der Waals surface area contributed by atoms with Crippen molar-refractivity contribution in [3.63, 3.8) is 0 Å². The fraction of sp³-hybridized carbons (Fsp3) is 0.125. The molecule has 106 valence electrons. The minimum atomic E-state index is -0.374. The summed E-state index contributed by atoms with van der Waals surface area (Å²) in [6.07, 6.45) is 2.92. The van der Waals surface area contributed by atoms with E-state index in [1.807, 2.05) is 18.2 Å². The van der Waals surface area contributed by atoms with E-state index in [0.717, 1.165) is 23.0 Å². The average molecular weight is 345 g/mol. The Morgan fingerprint density at radius 1 is 1.10 bits per heavy atom. The number of nitro benzene ring substituents is 1. The average Bonchev–Trinajstić information content (AvgIpc) is 2.87. The molecule has 2 aromatic carbocycles. The van der Waals surface area contributed by atoms with Gasteiger partial charge in [-0.15, -0.1) is 0 Å². The number of aryl methyl sites for hydroxylation is 2. The molecule has 0 atom stereocenters. The molecule has 0 saturated carbocycles. The molecular weight excluding hydrogens is 332 g/mol. The summed E-state index contributed by atoms with van der Waals surface area (Å²) in [7, 11) is 0. The Bertz CT molecular complexity index is 794. The lowest BCUT2D eigenvalue weighted by atomic mass is 10.1. The number of hydrogen-bond donors (Lipinski definition) is 0. The normalized spacial score (nSPS) is 10.9. The van der Waals surface area contributed by atoms with E-state index in [-0.39, 0.29) is 10.6 Å². The van der Waals surface area contributed by atoms with Crippen molar-refractivity contribution in [3.8, 4) is 0 Å². The molecule has 0 aliphatic carbocycles. The van der Waals surface area contributed by atoms with Crippen LogP contribution >= 0.6 is 15.9 Å². The van der Waals surface area contributed by atoms with E-state index in [4.69, 9.17) is 0 Å². The second kappa shape index (κ2) is 5.69. The highest BCUT2D eigenvalue weighted by Crippen LogP contribution is 2.21. The first-order valence-electron chi connectivity index (χ1n) is 6.61. The number of rotatable bonds is 4. The molecule has 4 nitrogen and oxygen atoms in total. The van der Waals surface area contributed by atoms with Gasteiger partial charge in [0.05, 0.1) is 4.92 Å². The van der Waals surface area contributed by atoms with Gasteiger partial charge >= 0.3 is 0 Å². The van der Waals surface area contributed by atoms with Gasteiger partial charge in [0.1, 0.15) is 0 Å². The Morgan fingerprint density at radius 3 is 2.57 bits per heavy atom. The summed E-state index contributed by atoms with van der Waals surface area (Å²) >= 11 is 3.47. The number of hydrogen-bond acceptors (Lipinski definition) is 2. The Kier molecular flexibility index (Phi) is 3.75. The summed E-state index contributed by atoms with van der Waals surface area (Å²) in [5.74, 6) is 0. The molecular formula is C16H13BrN2O2. The highest BCUT2D eigenvalue weighted by atomic mass is 79.9. The molecule has 0 fully saturated rings. The van der Waals surface area contributed by atoms with Gasteiger partial charge < -0.3 is 4.57 Å². The maximum atomic E-state index is 10.6. The van der Waals surface area contributed by atoms with Crippen LogP contribution in [0.3, 0.4) is 0 Å². The first-order chi connectivity index (χ1) is 10.1. The molecule has 0 aliphatic heterocycles. The highest BCUT2D eigenvalue weighted by Gasteiger charge is 2.05. The first kappa shape index (κ1) is 13.8. The second-order valence-electron chi connectivity index (χ2n) is 4.89. The van der Waals surface area contributed by atoms with Crippen molar-refractivity contribution < 1.29 is 4.92 Å². The maximum absolute atomic E-state index is 10.6. The van der Waals surface area contributed by atoms with Gasteiger partial charge in [-0.05, 0) is 36.2 Å². The smallest absolute Gasteiger partial charge is 0.269 e. The molecule has 0 aliphatic rings. The number of fused-ring (bicyclic) bond motifs is 1. The lowest BCUT2D eigenvalue weighted by Gasteiger charge is -2.06. The topological polar surface area (TPSA) is 48.1 Å². The van der Waals surface area contributed by atoms with E-state index in [1.165, 1.54) is 10.9 Å². The van der Waals surface area contributed by atoms with Gasteiger partial charge in [0.15, 0.2) is 0 Å². The van der Waals surface area contributed by atoms with E-state index in [0.29, 0.717) is 0 Å². The Balaban J connectivity index is 1.75. The largest absolute Gasteiger partial charge is 0.347 e. The van der Waals surface area contributed by atoms with Gasteiger partial charge in [-0.3, -0.25) is 10.1 Å². The van der Waals surface area contributed by atoms with Crippen LogP contribution in [-0.2, 0) is 13.0 Å². The van der Waals surface area contributed by atoms with Crippen LogP contribution < -0.4 is 0 Å². The summed E-state index contributed by atoms with van der Waals surface area (Å²) in [6.45, 7) is 0.850. The van der Waals surface area contributed by atoms with Gasteiger partial charge in [-0.1, -0.05) is 28.1 Å². The number of halogens is 1. The molecule has 0 amide bonds. The van der Waals surface area contributed by atoms with Crippen LogP contribution in [0.1, 0.15) is 5.56 Å². The van der Waals surface area contributed by atoms with Crippen molar-refractivity contribution in [1.82, 2.24) is 4.57 Å². The van der Waals surface area contributed by atoms with E-state index < -0.39 is 0 Å². The molecule has 3 aromatic rings. The molecule has 3 rings (SSSR count). The molecule has 1 aromatic heterocycles. The predicted octanol–water partition coefficient (Wildman–Crippen LogP) is 4.55. The summed E-state index contributed by atoms with van der Waals surface area (Å²) in [5.41, 5.74) is 2.43. The minimum Gasteiger partial charge on any atom is -0.347 e. The molecule has 1 heterocycles. The maximum Gasteiger partial charge on any atom is 0.269 e. The quantitative estimate of drug-likeness (QED) is 0.514. The fourth-order valence-electron chi connectivity index (χ4n) is 2.40. The minimum absolute atomic E-state index is 0.134. The van der Waals surface area contributed by atoms with Crippen LogP contribution in [-0.4, -0.2) is 9.49 Å². The van der Waals surface area contributed by atoms with E-state index in [2.05, 4.69) is 44.9 Å². The summed E-state index contributed by atoms with van der Waals surface area (Å²) in [6, 6.07) is 15.1. The number of nitro groups is 1. The van der Waals surface area contributed by atoms with Crippen molar-refractivity contribution >= 4 is 32.5 Å². The molecule has 0 unspecified atom stereocenters. The van der Waals surface area contributed by atoms with Crippen LogP contribution in [0, 0.1) is 10.1 Å². The van der Waals surface area contributed by atoms with Crippen molar-refractivity contribution in [2.75, 3.05) is 0 Å². The molecule has 0 bridgehead atoms. The zero-order valence-corrected chi connectivity index (χ0v) is 12.8. The predicted molar refractivity (Wildman–Crippen MR) is 86.4 cm³/mol. The van der Waals surface area contributed by atoms with E-state index in [9.17, 15) is 10.1 Å². The summed E-state index contributed by atoms with van der Waals surface area (Å²) in [5, 5.41) is 11.8. The highest BCUT2D eigenvalue weighted by molar-refractivity contribution is 9.10. The van der Waals surface area contributed by atoms with Crippen LogP contribution in [0.5, 0.6) is 0 Å². The molecule has 0 spiro atoms. The number of aromatic nitrogens is 1. The lowest BCUT2D eigenvalue weighted by molar-refractivity contribution is -0.384. The number of nitrogens with zero attached hydrogens (tertiary/aromatic N) is 2. The molecule has 0 radical (unpaired) electrons. The third-order valence-electron chi connectivity index (χ3n) is 3.52. The Morgan fingerprint density at radius 2 is 1.86 bits per heavy atom. The van der Waals surface area contributed by atoms with E-state index in [1.54, 1.807) is 12.1 Å². The molecule has 0 N–H and O–H groups in total. The van der Waals surface area contributed by atoms with Crippen molar-refractivity contribution in [2.24, 2.45) is 0 Å². The number of non-ortho nitro benzene ring substituents is 1. The number of benzene rings is 2. The monoisotopic (exact) mass is 344 g/mol. The van der Waals surface area contributed by atoms with Crippen molar-refractivity contribution in [2.45, 2.75) is 13.0 Å². The fourth-order valence-corrected chi connectivity index (χ4v) is 2.78. The van der Waals surface area contributed by atoms with Crippen LogP contribution in [0.2, 0.25) is 0 Å². The summed E-state index contributed by atoms with van der Waals surface area (Å²) in [4.78, 5) is 10.3. The van der Waals surface area contributed by atoms with Crippen molar-refractivity contribution in [3.05, 3.63) is 74.9 Å². The van der Waals surface area contributed by atoms with Crippen molar-refractivity contribution in [1.29, 1.82) is 0 Å². The zero-order valence-electron chi connectivity index (χ0n) is 11.2. The Hall–Kier alpha value is -2.14. The second-order valence-corrected chi connectivity index (χ2v) is 5.80. The summed E-state index contributed by atoms with van der Waals surface area (Å²) < 4.78 is 3.27. The van der Waals surface area contributed by atoms with Gasteiger partial charge in [-0.25, -0.2) is 0 Å². The third-order valence-corrected chi connectivity index (χ3v) is 4.01. The molecule has 0 saturated heterocycles. The van der Waals surface area contributed by atoms with Gasteiger partial charge in [0.2, 0.25) is 0 Å². The first-order valence-corrected chi connectivity index (χ1v) is 7.40. The lowest BCUT2D eigenvalue weighted by Crippen LogP contribution is -1.99. The van der Waals surface area contributed by atoms with Crippen LogP contribution in [0.4, 0.5) is 5.69 Å². The molecule has 21 heavy (non-hydrogen) atoms. The standard InChI is InChI=1S/C16H13BrN2O2/c17-14-3-6-16-13(11-14)8-10-18(16)9-7-12-1-4-15(5-2-12)19(20)21/h1-6,8,10-11H,7,9H2. The SMILES string of the molecule is O=[N+]([O-])c1ccc(CCn2ccc3cc(Br)ccc32)cc1. The molecule has 5 heteroatoms. The zero-order chi connectivity index (χ0) is 14.8.